The lowest BCUT2D eigenvalue weighted by Gasteiger charge is -2.22. The number of amides is 1. The minimum atomic E-state index is -0.837. The molecule has 5 nitrogen and oxygen atoms in total. The normalized spacial score (nSPS) is 20.3. The van der Waals surface area contributed by atoms with Gasteiger partial charge in [0.1, 0.15) is 13.2 Å². The van der Waals surface area contributed by atoms with Gasteiger partial charge in [-0.25, -0.2) is 0 Å². The highest BCUT2D eigenvalue weighted by Crippen LogP contribution is 2.37. The molecule has 0 aliphatic carbocycles. The largest absolute Gasteiger partial charge is 0.486 e. The molecule has 1 saturated heterocycles. The van der Waals surface area contributed by atoms with Crippen molar-refractivity contribution in [1.82, 2.24) is 4.90 Å². The standard InChI is InChI=1S/C22H23NO4/c24-21(17-8-9-19-20(15-17)27-14-13-26-19)18-10-12-23(22(18)25)11-4-7-16-5-2-1-3-6-16/h1-9,15,18,21,24H,10-14H2/b7-4+. The van der Waals surface area contributed by atoms with Crippen LogP contribution in [0.25, 0.3) is 6.08 Å². The van der Waals surface area contributed by atoms with Crippen molar-refractivity contribution in [3.63, 3.8) is 0 Å². The molecule has 2 aliphatic heterocycles. The molecule has 2 aromatic carbocycles. The Labute approximate surface area is 158 Å². The van der Waals surface area contributed by atoms with Crippen molar-refractivity contribution in [2.75, 3.05) is 26.3 Å². The third-order valence-corrected chi connectivity index (χ3v) is 5.06. The number of hydrogen-bond donors (Lipinski definition) is 1. The highest BCUT2D eigenvalue weighted by Gasteiger charge is 2.37. The topological polar surface area (TPSA) is 59.0 Å². The Morgan fingerprint density at radius 3 is 2.70 bits per heavy atom. The third kappa shape index (κ3) is 3.83. The average molecular weight is 365 g/mol. The highest BCUT2D eigenvalue weighted by molar-refractivity contribution is 5.82. The third-order valence-electron chi connectivity index (χ3n) is 5.06. The molecule has 0 saturated carbocycles. The van der Waals surface area contributed by atoms with Crippen molar-refractivity contribution in [3.05, 3.63) is 65.7 Å². The monoisotopic (exact) mass is 365 g/mol. The van der Waals surface area contributed by atoms with Gasteiger partial charge in [-0.3, -0.25) is 4.79 Å². The molecule has 140 valence electrons. The van der Waals surface area contributed by atoms with Crippen molar-refractivity contribution < 1.29 is 19.4 Å². The van der Waals surface area contributed by atoms with Crippen molar-refractivity contribution >= 4 is 12.0 Å². The summed E-state index contributed by atoms with van der Waals surface area (Å²) in [5.74, 6) is 0.890. The van der Waals surface area contributed by atoms with Gasteiger partial charge in [0.15, 0.2) is 11.5 Å². The van der Waals surface area contributed by atoms with E-state index in [4.69, 9.17) is 9.47 Å². The molecule has 27 heavy (non-hydrogen) atoms. The van der Waals surface area contributed by atoms with Crippen LogP contribution < -0.4 is 9.47 Å². The summed E-state index contributed by atoms with van der Waals surface area (Å²) in [4.78, 5) is 14.5. The number of benzene rings is 2. The summed E-state index contributed by atoms with van der Waals surface area (Å²) < 4.78 is 11.1. The van der Waals surface area contributed by atoms with E-state index in [9.17, 15) is 9.90 Å². The summed E-state index contributed by atoms with van der Waals surface area (Å²) >= 11 is 0. The Balaban J connectivity index is 1.40. The highest BCUT2D eigenvalue weighted by atomic mass is 16.6. The van der Waals surface area contributed by atoms with E-state index in [2.05, 4.69) is 0 Å². The predicted octanol–water partition coefficient (Wildman–Crippen LogP) is 3.05. The Hall–Kier alpha value is -2.79. The second-order valence-electron chi connectivity index (χ2n) is 6.84. The first-order chi connectivity index (χ1) is 13.2. The summed E-state index contributed by atoms with van der Waals surface area (Å²) in [6, 6.07) is 15.4. The van der Waals surface area contributed by atoms with E-state index in [0.29, 0.717) is 49.8 Å². The first-order valence-electron chi connectivity index (χ1n) is 9.30. The Morgan fingerprint density at radius 1 is 1.11 bits per heavy atom. The van der Waals surface area contributed by atoms with Gasteiger partial charge >= 0.3 is 0 Å². The fourth-order valence-electron chi connectivity index (χ4n) is 3.59. The molecule has 1 N–H and O–H groups in total. The van der Waals surface area contributed by atoms with Crippen LogP contribution in [0.3, 0.4) is 0 Å². The van der Waals surface area contributed by atoms with E-state index in [0.717, 1.165) is 5.56 Å². The Morgan fingerprint density at radius 2 is 1.89 bits per heavy atom. The van der Waals surface area contributed by atoms with Gasteiger partial charge in [-0.1, -0.05) is 48.6 Å². The van der Waals surface area contributed by atoms with Gasteiger partial charge in [0.05, 0.1) is 12.0 Å². The van der Waals surface area contributed by atoms with E-state index in [-0.39, 0.29) is 5.91 Å². The van der Waals surface area contributed by atoms with E-state index in [1.807, 2.05) is 48.6 Å². The number of hydrogen-bond acceptors (Lipinski definition) is 4. The van der Waals surface area contributed by atoms with Crippen LogP contribution >= 0.6 is 0 Å². The van der Waals surface area contributed by atoms with Crippen LogP contribution in [0.4, 0.5) is 0 Å². The van der Waals surface area contributed by atoms with Gasteiger partial charge in [0.2, 0.25) is 5.91 Å². The second kappa shape index (κ2) is 7.84. The van der Waals surface area contributed by atoms with Crippen LogP contribution in [-0.2, 0) is 4.79 Å². The molecule has 2 unspecified atom stereocenters. The SMILES string of the molecule is O=C1C(C(O)c2ccc3c(c2)OCCO3)CCN1C/C=C/c1ccccc1. The van der Waals surface area contributed by atoms with Gasteiger partial charge < -0.3 is 19.5 Å². The minimum absolute atomic E-state index is 0.00454. The molecule has 2 aromatic rings. The van der Waals surface area contributed by atoms with E-state index in [1.165, 1.54) is 0 Å². The molecule has 1 amide bonds. The first kappa shape index (κ1) is 17.6. The molecule has 0 spiro atoms. The quantitative estimate of drug-likeness (QED) is 0.885. The molecule has 0 aromatic heterocycles. The first-order valence-corrected chi connectivity index (χ1v) is 9.30. The van der Waals surface area contributed by atoms with Crippen LogP contribution in [0.1, 0.15) is 23.7 Å². The molecule has 4 rings (SSSR count). The molecule has 2 atom stereocenters. The van der Waals surface area contributed by atoms with Gasteiger partial charge in [-0.05, 0) is 29.7 Å². The summed E-state index contributed by atoms with van der Waals surface area (Å²) in [6.45, 7) is 2.24. The van der Waals surface area contributed by atoms with Crippen molar-refractivity contribution in [2.45, 2.75) is 12.5 Å². The lowest BCUT2D eigenvalue weighted by Crippen LogP contribution is -2.29. The number of nitrogens with zero attached hydrogens (tertiary/aromatic N) is 1. The van der Waals surface area contributed by atoms with Crippen LogP contribution in [0.15, 0.2) is 54.6 Å². The van der Waals surface area contributed by atoms with Gasteiger partial charge in [-0.15, -0.1) is 0 Å². The van der Waals surface area contributed by atoms with Crippen molar-refractivity contribution in [2.24, 2.45) is 5.92 Å². The molecule has 2 aliphatic rings. The maximum atomic E-state index is 12.7. The summed E-state index contributed by atoms with van der Waals surface area (Å²) in [5.41, 5.74) is 1.80. The van der Waals surface area contributed by atoms with Gasteiger partial charge in [0.25, 0.3) is 0 Å². The average Bonchev–Trinajstić information content (AvgIpc) is 3.08. The molecule has 0 bridgehead atoms. The van der Waals surface area contributed by atoms with Crippen molar-refractivity contribution in [3.8, 4) is 11.5 Å². The summed E-state index contributed by atoms with van der Waals surface area (Å²) in [5, 5.41) is 10.8. The fraction of sp³-hybridized carbons (Fsp3) is 0.318. The molecule has 2 heterocycles. The zero-order valence-electron chi connectivity index (χ0n) is 15.1. The predicted molar refractivity (Wildman–Crippen MR) is 103 cm³/mol. The molecular weight excluding hydrogens is 342 g/mol. The zero-order valence-corrected chi connectivity index (χ0v) is 15.1. The fourth-order valence-corrected chi connectivity index (χ4v) is 3.59. The number of ether oxygens (including phenoxy) is 2. The molecule has 0 radical (unpaired) electrons. The second-order valence-corrected chi connectivity index (χ2v) is 6.84. The zero-order chi connectivity index (χ0) is 18.6. The lowest BCUT2D eigenvalue weighted by atomic mass is 9.94. The summed E-state index contributed by atoms with van der Waals surface area (Å²) in [6.07, 6.45) is 3.81. The number of carbonyl (C=O) groups excluding carboxylic acids is 1. The van der Waals surface area contributed by atoms with Gasteiger partial charge in [0, 0.05) is 13.1 Å². The summed E-state index contributed by atoms with van der Waals surface area (Å²) in [7, 11) is 0. The van der Waals surface area contributed by atoms with Crippen LogP contribution in [0.2, 0.25) is 0 Å². The number of aliphatic hydroxyl groups excluding tert-OH is 1. The Kier molecular flexibility index (Phi) is 5.12. The Bertz CT molecular complexity index is 833. The van der Waals surface area contributed by atoms with Crippen LogP contribution in [-0.4, -0.2) is 42.2 Å². The van der Waals surface area contributed by atoms with Crippen molar-refractivity contribution in [1.29, 1.82) is 0 Å². The van der Waals surface area contributed by atoms with Crippen LogP contribution in [0.5, 0.6) is 11.5 Å². The van der Waals surface area contributed by atoms with E-state index < -0.39 is 12.0 Å². The smallest absolute Gasteiger partial charge is 0.229 e. The van der Waals surface area contributed by atoms with E-state index >= 15 is 0 Å². The minimum Gasteiger partial charge on any atom is -0.486 e. The number of likely N-dealkylation sites (tertiary alicyclic amines) is 1. The number of fused-ring (bicyclic) bond motifs is 1. The molecular formula is C22H23NO4. The number of rotatable bonds is 5. The maximum absolute atomic E-state index is 12.7. The van der Waals surface area contributed by atoms with Gasteiger partial charge in [-0.2, -0.15) is 0 Å². The number of carbonyl (C=O) groups is 1. The molecule has 5 heteroatoms. The van der Waals surface area contributed by atoms with E-state index in [1.54, 1.807) is 17.0 Å². The molecule has 1 fully saturated rings. The maximum Gasteiger partial charge on any atom is 0.229 e. The van der Waals surface area contributed by atoms with Crippen LogP contribution in [0, 0.1) is 5.92 Å². The number of aliphatic hydroxyl groups is 1. The lowest BCUT2D eigenvalue weighted by molar-refractivity contribution is -0.133.